The minimum Gasteiger partial charge on any atom is -0.305 e. The van der Waals surface area contributed by atoms with Gasteiger partial charge in [-0.1, -0.05) is 17.7 Å². The second kappa shape index (κ2) is 5.34. The van der Waals surface area contributed by atoms with Crippen LogP contribution >= 0.6 is 0 Å². The van der Waals surface area contributed by atoms with E-state index in [9.17, 15) is 4.79 Å². The molecule has 1 aromatic heterocycles. The Balaban J connectivity index is 2.82. The van der Waals surface area contributed by atoms with E-state index in [1.54, 1.807) is 10.6 Å². The predicted octanol–water partition coefficient (Wildman–Crippen LogP) is 3.58. The van der Waals surface area contributed by atoms with Crippen LogP contribution in [0.25, 0.3) is 11.3 Å². The van der Waals surface area contributed by atoms with Gasteiger partial charge in [-0.3, -0.25) is 4.79 Å². The lowest BCUT2D eigenvalue weighted by Crippen LogP contribution is -2.25. The van der Waals surface area contributed by atoms with Crippen molar-refractivity contribution in [2.24, 2.45) is 0 Å². The molecule has 1 heterocycles. The summed E-state index contributed by atoms with van der Waals surface area (Å²) in [5.41, 5.74) is 4.14. The maximum atomic E-state index is 12.4. The van der Waals surface area contributed by atoms with Crippen molar-refractivity contribution >= 4 is 0 Å². The molecule has 0 fully saturated rings. The van der Waals surface area contributed by atoms with Crippen molar-refractivity contribution in [3.63, 3.8) is 0 Å². The molecule has 3 nitrogen and oxygen atoms in total. The first-order valence-corrected chi connectivity index (χ1v) is 6.69. The molecule has 0 aliphatic rings. The smallest absolute Gasteiger partial charge is 0.269 e. The summed E-state index contributed by atoms with van der Waals surface area (Å²) in [7, 11) is 0. The van der Waals surface area contributed by atoms with Crippen molar-refractivity contribution in [1.29, 1.82) is 5.26 Å². The lowest BCUT2D eigenvalue weighted by molar-refractivity contribution is 0.583. The average Bonchev–Trinajstić information content (AvgIpc) is 2.40. The summed E-state index contributed by atoms with van der Waals surface area (Å²) in [6.07, 6.45) is 0. The summed E-state index contributed by atoms with van der Waals surface area (Å²) in [6, 6.07) is 11.6. The van der Waals surface area contributed by atoms with Crippen LogP contribution in [0.2, 0.25) is 0 Å². The number of nitrogens with zero attached hydrogens (tertiary/aromatic N) is 2. The minimum absolute atomic E-state index is 0.00529. The van der Waals surface area contributed by atoms with Gasteiger partial charge in [0.25, 0.3) is 5.56 Å². The van der Waals surface area contributed by atoms with E-state index in [4.69, 9.17) is 5.26 Å². The average molecular weight is 266 g/mol. The summed E-state index contributed by atoms with van der Waals surface area (Å²) < 4.78 is 1.69. The summed E-state index contributed by atoms with van der Waals surface area (Å²) in [5, 5.41) is 9.02. The van der Waals surface area contributed by atoms with E-state index in [0.29, 0.717) is 0 Å². The zero-order chi connectivity index (χ0) is 14.9. The molecule has 0 bridgehead atoms. The van der Waals surface area contributed by atoms with E-state index in [2.05, 4.69) is 18.2 Å². The predicted molar refractivity (Wildman–Crippen MR) is 80.7 cm³/mol. The van der Waals surface area contributed by atoms with Crippen LogP contribution in [0.15, 0.2) is 35.1 Å². The van der Waals surface area contributed by atoms with Crippen LogP contribution in [0.3, 0.4) is 0 Å². The molecule has 3 heteroatoms. The molecule has 0 unspecified atom stereocenters. The molecule has 0 amide bonds. The van der Waals surface area contributed by atoms with Crippen LogP contribution in [0, 0.1) is 25.2 Å². The molecule has 0 radical (unpaired) electrons. The van der Waals surface area contributed by atoms with Crippen LogP contribution in [0.1, 0.15) is 36.6 Å². The Bertz CT molecular complexity index is 749. The molecule has 2 rings (SSSR count). The molecular weight excluding hydrogens is 248 g/mol. The van der Waals surface area contributed by atoms with Gasteiger partial charge < -0.3 is 4.57 Å². The van der Waals surface area contributed by atoms with Crippen LogP contribution in [-0.4, -0.2) is 4.57 Å². The Kier molecular flexibility index (Phi) is 3.76. The molecule has 102 valence electrons. The fraction of sp³-hybridized carbons (Fsp3) is 0.294. The van der Waals surface area contributed by atoms with Crippen molar-refractivity contribution < 1.29 is 0 Å². The molecule has 2 aromatic rings. The molecular formula is C17H18N2O. The highest BCUT2D eigenvalue weighted by atomic mass is 16.1. The van der Waals surface area contributed by atoms with Gasteiger partial charge in [0.15, 0.2) is 0 Å². The number of pyridine rings is 1. The Morgan fingerprint density at radius 2 is 1.85 bits per heavy atom. The van der Waals surface area contributed by atoms with Gasteiger partial charge in [-0.05, 0) is 51.5 Å². The van der Waals surface area contributed by atoms with Crippen molar-refractivity contribution in [2.75, 3.05) is 0 Å². The fourth-order valence-electron chi connectivity index (χ4n) is 2.38. The van der Waals surface area contributed by atoms with Gasteiger partial charge in [-0.15, -0.1) is 0 Å². The van der Waals surface area contributed by atoms with Crippen LogP contribution in [-0.2, 0) is 0 Å². The van der Waals surface area contributed by atoms with Gasteiger partial charge in [0.05, 0.1) is 5.69 Å². The van der Waals surface area contributed by atoms with Crippen LogP contribution in [0.5, 0.6) is 0 Å². The van der Waals surface area contributed by atoms with Gasteiger partial charge in [-0.25, -0.2) is 0 Å². The van der Waals surface area contributed by atoms with Crippen molar-refractivity contribution in [2.45, 2.75) is 33.7 Å². The molecule has 20 heavy (non-hydrogen) atoms. The second-order valence-corrected chi connectivity index (χ2v) is 5.33. The summed E-state index contributed by atoms with van der Waals surface area (Å²) in [4.78, 5) is 12.4. The zero-order valence-electron chi connectivity index (χ0n) is 12.3. The molecule has 0 spiro atoms. The van der Waals surface area contributed by atoms with Crippen molar-refractivity contribution in [1.82, 2.24) is 4.57 Å². The van der Waals surface area contributed by atoms with Gasteiger partial charge in [-0.2, -0.15) is 5.26 Å². The Morgan fingerprint density at radius 3 is 2.45 bits per heavy atom. The SMILES string of the molecule is Cc1ccc(C)c(-c2ccc(C#N)c(=O)n2C(C)C)c1. The second-order valence-electron chi connectivity index (χ2n) is 5.33. The lowest BCUT2D eigenvalue weighted by Gasteiger charge is -2.18. The molecule has 0 atom stereocenters. The Hall–Kier alpha value is -2.34. The first-order chi connectivity index (χ1) is 9.45. The highest BCUT2D eigenvalue weighted by Crippen LogP contribution is 2.25. The maximum absolute atomic E-state index is 12.4. The highest BCUT2D eigenvalue weighted by Gasteiger charge is 2.14. The van der Waals surface area contributed by atoms with E-state index in [-0.39, 0.29) is 17.2 Å². The summed E-state index contributed by atoms with van der Waals surface area (Å²) in [5.74, 6) is 0. The van der Waals surface area contributed by atoms with E-state index < -0.39 is 0 Å². The fourth-order valence-corrected chi connectivity index (χ4v) is 2.38. The number of hydrogen-bond acceptors (Lipinski definition) is 2. The van der Waals surface area contributed by atoms with Crippen molar-refractivity contribution in [3.05, 3.63) is 57.4 Å². The molecule has 0 saturated heterocycles. The molecule has 0 saturated carbocycles. The number of rotatable bonds is 2. The third-order valence-electron chi connectivity index (χ3n) is 3.42. The molecule has 1 aromatic carbocycles. The molecule has 0 aliphatic heterocycles. The van der Waals surface area contributed by atoms with E-state index in [1.165, 1.54) is 0 Å². The van der Waals surface area contributed by atoms with Gasteiger partial charge in [0.2, 0.25) is 0 Å². The number of aromatic nitrogens is 1. The zero-order valence-corrected chi connectivity index (χ0v) is 12.3. The van der Waals surface area contributed by atoms with Crippen LogP contribution < -0.4 is 5.56 Å². The van der Waals surface area contributed by atoms with E-state index in [1.807, 2.05) is 39.8 Å². The monoisotopic (exact) mass is 266 g/mol. The van der Waals surface area contributed by atoms with Gasteiger partial charge >= 0.3 is 0 Å². The third-order valence-corrected chi connectivity index (χ3v) is 3.42. The number of aryl methyl sites for hydroxylation is 2. The number of benzene rings is 1. The van der Waals surface area contributed by atoms with E-state index in [0.717, 1.165) is 22.4 Å². The summed E-state index contributed by atoms with van der Waals surface area (Å²) >= 11 is 0. The first-order valence-electron chi connectivity index (χ1n) is 6.69. The summed E-state index contributed by atoms with van der Waals surface area (Å²) in [6.45, 7) is 7.97. The standard InChI is InChI=1S/C17H18N2O/c1-11(2)19-16(8-7-14(10-18)17(19)20)15-9-12(3)5-6-13(15)4/h5-9,11H,1-4H3. The topological polar surface area (TPSA) is 45.8 Å². The minimum atomic E-state index is -0.221. The first kappa shape index (κ1) is 14.1. The van der Waals surface area contributed by atoms with Gasteiger partial charge in [0.1, 0.15) is 11.6 Å². The Morgan fingerprint density at radius 1 is 1.15 bits per heavy atom. The number of nitriles is 1. The lowest BCUT2D eigenvalue weighted by atomic mass is 10.0. The highest BCUT2D eigenvalue weighted by molar-refractivity contribution is 5.65. The molecule has 0 aliphatic carbocycles. The molecule has 0 N–H and O–H groups in total. The maximum Gasteiger partial charge on any atom is 0.269 e. The largest absolute Gasteiger partial charge is 0.305 e. The van der Waals surface area contributed by atoms with E-state index >= 15 is 0 Å². The van der Waals surface area contributed by atoms with Crippen LogP contribution in [0.4, 0.5) is 0 Å². The number of hydrogen-bond donors (Lipinski definition) is 0. The third kappa shape index (κ3) is 2.37. The normalized spacial score (nSPS) is 10.6. The quantitative estimate of drug-likeness (QED) is 0.834. The van der Waals surface area contributed by atoms with Crippen molar-refractivity contribution in [3.8, 4) is 17.3 Å². The Labute approximate surface area is 119 Å². The van der Waals surface area contributed by atoms with Gasteiger partial charge in [0, 0.05) is 11.6 Å².